The highest BCUT2D eigenvalue weighted by Gasteiger charge is 2.39. The van der Waals surface area contributed by atoms with E-state index in [9.17, 15) is 14.4 Å². The SMILES string of the molecule is CNCCNC(=O)OC1=C([C@H]2CC[C@H](c3ccc(Cl)cc3)CC2)C(=O)c2ccccc2C1=O.Cl.O. The number of allylic oxidation sites excluding steroid dienone is 2. The lowest BCUT2D eigenvalue weighted by Gasteiger charge is -2.32. The fourth-order valence-corrected chi connectivity index (χ4v) is 4.84. The van der Waals surface area contributed by atoms with Crippen LogP contribution in [0.2, 0.25) is 5.02 Å². The topological polar surface area (TPSA) is 116 Å². The van der Waals surface area contributed by atoms with Crippen LogP contribution in [0.25, 0.3) is 0 Å². The molecule has 0 radical (unpaired) electrons. The van der Waals surface area contributed by atoms with E-state index in [1.54, 1.807) is 31.3 Å². The molecule has 4 N–H and O–H groups in total. The molecule has 0 unspecified atom stereocenters. The van der Waals surface area contributed by atoms with E-state index in [1.807, 2.05) is 24.3 Å². The third kappa shape index (κ3) is 6.30. The van der Waals surface area contributed by atoms with Crippen LogP contribution in [0.1, 0.15) is 57.9 Å². The van der Waals surface area contributed by atoms with Gasteiger partial charge in [0, 0.05) is 29.2 Å². The predicted molar refractivity (Wildman–Crippen MR) is 138 cm³/mol. The van der Waals surface area contributed by atoms with E-state index in [4.69, 9.17) is 16.3 Å². The standard InChI is InChI=1S/C26H27ClN2O4.ClH.H2O/c1-28-14-15-29-26(32)33-25-22(23(30)20-4-2-3-5-21(20)24(25)31)18-8-6-16(7-9-18)17-10-12-19(27)13-11-17;;/h2-5,10-13,16,18,28H,6-9,14-15H2,1H3,(H,29,32);1H;1H2/t16-,18-;;. The summed E-state index contributed by atoms with van der Waals surface area (Å²) in [5.74, 6) is -0.536. The third-order valence-electron chi connectivity index (χ3n) is 6.43. The summed E-state index contributed by atoms with van der Waals surface area (Å²) in [5, 5.41) is 6.25. The van der Waals surface area contributed by atoms with Crippen LogP contribution in [-0.4, -0.2) is 43.3 Å². The van der Waals surface area contributed by atoms with Gasteiger partial charge in [0.05, 0.1) is 5.57 Å². The molecule has 0 aliphatic heterocycles. The molecule has 2 aliphatic carbocycles. The van der Waals surface area contributed by atoms with E-state index >= 15 is 0 Å². The van der Waals surface area contributed by atoms with E-state index in [-0.39, 0.29) is 40.9 Å². The molecule has 2 aromatic rings. The second kappa shape index (κ2) is 12.8. The van der Waals surface area contributed by atoms with Crippen molar-refractivity contribution in [2.75, 3.05) is 20.1 Å². The van der Waals surface area contributed by atoms with Gasteiger partial charge in [-0.15, -0.1) is 12.4 Å². The van der Waals surface area contributed by atoms with Crippen LogP contribution >= 0.6 is 24.0 Å². The first kappa shape index (κ1) is 28.5. The van der Waals surface area contributed by atoms with Crippen molar-refractivity contribution in [2.45, 2.75) is 31.6 Å². The van der Waals surface area contributed by atoms with Crippen LogP contribution in [0, 0.1) is 5.92 Å². The van der Waals surface area contributed by atoms with Crippen molar-refractivity contribution in [1.29, 1.82) is 0 Å². The summed E-state index contributed by atoms with van der Waals surface area (Å²) in [6, 6.07) is 14.6. The number of alkyl carbamates (subject to hydrolysis) is 1. The molecule has 1 fully saturated rings. The molecule has 0 spiro atoms. The Kier molecular flexibility index (Phi) is 10.5. The molecule has 0 bridgehead atoms. The lowest BCUT2D eigenvalue weighted by atomic mass is 9.72. The second-order valence-electron chi connectivity index (χ2n) is 8.47. The van der Waals surface area contributed by atoms with Crippen LogP contribution in [-0.2, 0) is 4.74 Å². The largest absolute Gasteiger partial charge is 0.412 e. The minimum absolute atomic E-state index is 0. The van der Waals surface area contributed by atoms with Crippen LogP contribution in [0.15, 0.2) is 59.9 Å². The maximum Gasteiger partial charge on any atom is 0.412 e. The first-order valence-corrected chi connectivity index (χ1v) is 11.7. The van der Waals surface area contributed by atoms with Crippen molar-refractivity contribution in [3.63, 3.8) is 0 Å². The van der Waals surface area contributed by atoms with Gasteiger partial charge in [-0.1, -0.05) is 48.0 Å². The summed E-state index contributed by atoms with van der Waals surface area (Å²) >= 11 is 6.02. The number of Topliss-reactive ketones (excluding diaryl/α,β-unsaturated/α-hetero) is 2. The minimum Gasteiger partial charge on any atom is -0.412 e. The molecule has 35 heavy (non-hydrogen) atoms. The molecule has 2 aromatic carbocycles. The average molecular weight is 521 g/mol. The molecular formula is C26H30Cl2N2O5. The quantitative estimate of drug-likeness (QED) is 0.544. The van der Waals surface area contributed by atoms with Crippen LogP contribution < -0.4 is 10.6 Å². The van der Waals surface area contributed by atoms with Crippen LogP contribution in [0.4, 0.5) is 4.79 Å². The number of hydrogen-bond acceptors (Lipinski definition) is 5. The minimum atomic E-state index is -0.729. The molecule has 9 heteroatoms. The number of carbonyl (C=O) groups excluding carboxylic acids is 3. The molecule has 188 valence electrons. The fourth-order valence-electron chi connectivity index (χ4n) is 4.71. The van der Waals surface area contributed by atoms with Gasteiger partial charge in [0.15, 0.2) is 11.5 Å². The highest BCUT2D eigenvalue weighted by Crippen LogP contribution is 2.42. The Labute approximate surface area is 216 Å². The number of nitrogens with one attached hydrogen (secondary N) is 2. The summed E-state index contributed by atoms with van der Waals surface area (Å²) < 4.78 is 5.48. The van der Waals surface area contributed by atoms with E-state index < -0.39 is 11.9 Å². The zero-order valence-corrected chi connectivity index (χ0v) is 21.0. The number of rotatable bonds is 6. The number of benzene rings is 2. The number of ketones is 2. The zero-order chi connectivity index (χ0) is 23.4. The van der Waals surface area contributed by atoms with Crippen molar-refractivity contribution in [2.24, 2.45) is 5.92 Å². The number of hydrogen-bond donors (Lipinski definition) is 2. The van der Waals surface area contributed by atoms with Crippen LogP contribution in [0.3, 0.4) is 0 Å². The van der Waals surface area contributed by atoms with Gasteiger partial charge in [0.1, 0.15) is 0 Å². The lowest BCUT2D eigenvalue weighted by Crippen LogP contribution is -2.35. The van der Waals surface area contributed by atoms with Crippen LogP contribution in [0.5, 0.6) is 0 Å². The van der Waals surface area contributed by atoms with Gasteiger partial charge in [-0.3, -0.25) is 9.59 Å². The van der Waals surface area contributed by atoms with Gasteiger partial charge in [-0.2, -0.15) is 0 Å². The molecule has 0 saturated heterocycles. The maximum absolute atomic E-state index is 13.5. The Morgan fingerprint density at radius 1 is 0.914 bits per heavy atom. The van der Waals surface area contributed by atoms with E-state index in [2.05, 4.69) is 10.6 Å². The van der Waals surface area contributed by atoms with Gasteiger partial charge in [0.2, 0.25) is 5.78 Å². The predicted octanol–water partition coefficient (Wildman–Crippen LogP) is 4.49. The van der Waals surface area contributed by atoms with Crippen molar-refractivity contribution in [3.05, 3.63) is 81.6 Å². The number of amides is 1. The summed E-state index contributed by atoms with van der Waals surface area (Å²) in [7, 11) is 1.77. The van der Waals surface area contributed by atoms with Crippen molar-refractivity contribution >= 4 is 41.7 Å². The fraction of sp³-hybridized carbons (Fsp3) is 0.346. The molecule has 0 atom stereocenters. The van der Waals surface area contributed by atoms with E-state index in [1.165, 1.54) is 5.56 Å². The summed E-state index contributed by atoms with van der Waals surface area (Å²) in [6.07, 6.45) is 2.49. The highest BCUT2D eigenvalue weighted by atomic mass is 35.5. The molecule has 0 heterocycles. The van der Waals surface area contributed by atoms with Crippen molar-refractivity contribution in [3.8, 4) is 0 Å². The molecular weight excluding hydrogens is 491 g/mol. The first-order valence-electron chi connectivity index (χ1n) is 11.3. The molecule has 1 amide bonds. The Hall–Kier alpha value is -2.71. The number of ether oxygens (including phenoxy) is 1. The number of halogens is 2. The van der Waals surface area contributed by atoms with Gasteiger partial charge in [0.25, 0.3) is 0 Å². The molecule has 7 nitrogen and oxygen atoms in total. The maximum atomic E-state index is 13.5. The number of fused-ring (bicyclic) bond motifs is 1. The smallest absolute Gasteiger partial charge is 0.412 e. The molecule has 2 aliphatic rings. The summed E-state index contributed by atoms with van der Waals surface area (Å²) in [6.45, 7) is 0.911. The number of carbonyl (C=O) groups is 3. The van der Waals surface area contributed by atoms with Gasteiger partial charge < -0.3 is 20.8 Å². The monoisotopic (exact) mass is 520 g/mol. The third-order valence-corrected chi connectivity index (χ3v) is 6.68. The van der Waals surface area contributed by atoms with Gasteiger partial charge in [-0.05, 0) is 62.3 Å². The second-order valence-corrected chi connectivity index (χ2v) is 8.90. The zero-order valence-electron chi connectivity index (χ0n) is 19.4. The molecule has 0 aromatic heterocycles. The van der Waals surface area contributed by atoms with E-state index in [0.717, 1.165) is 25.7 Å². The Bertz CT molecular complexity index is 1090. The lowest BCUT2D eigenvalue weighted by molar-refractivity contribution is 0.0889. The Morgan fingerprint density at radius 2 is 1.49 bits per heavy atom. The van der Waals surface area contributed by atoms with Crippen molar-refractivity contribution in [1.82, 2.24) is 10.6 Å². The van der Waals surface area contributed by atoms with Crippen molar-refractivity contribution < 1.29 is 24.6 Å². The Balaban J connectivity index is 0.00000216. The summed E-state index contributed by atoms with van der Waals surface area (Å²) in [4.78, 5) is 39.1. The normalized spacial score (nSPS) is 19.3. The van der Waals surface area contributed by atoms with Gasteiger partial charge >= 0.3 is 6.09 Å². The highest BCUT2D eigenvalue weighted by molar-refractivity contribution is 6.30. The molecule has 1 saturated carbocycles. The first-order chi connectivity index (χ1) is 16.0. The number of likely N-dealkylation sites (N-methyl/N-ethyl adjacent to an activating group) is 1. The molecule has 4 rings (SSSR count). The summed E-state index contributed by atoms with van der Waals surface area (Å²) in [5.41, 5.74) is 2.21. The average Bonchev–Trinajstić information content (AvgIpc) is 2.83. The van der Waals surface area contributed by atoms with E-state index in [0.29, 0.717) is 35.2 Å². The van der Waals surface area contributed by atoms with Gasteiger partial charge in [-0.25, -0.2) is 4.79 Å². The Morgan fingerprint density at radius 3 is 2.09 bits per heavy atom.